The minimum atomic E-state index is -1.11. The van der Waals surface area contributed by atoms with E-state index in [9.17, 15) is 19.1 Å². The number of benzene rings is 1. The molecule has 0 spiro atoms. The fraction of sp³-hybridized carbons (Fsp3) is 0.500. The molecule has 0 saturated carbocycles. The number of hydrogen-bond donors (Lipinski definition) is 3. The van der Waals surface area contributed by atoms with Gasteiger partial charge in [0, 0.05) is 7.05 Å². The van der Waals surface area contributed by atoms with Crippen molar-refractivity contribution in [3.63, 3.8) is 0 Å². The Hall–Kier alpha value is -1.95. The zero-order valence-electron chi connectivity index (χ0n) is 13.1. The molecule has 0 saturated heterocycles. The van der Waals surface area contributed by atoms with E-state index in [1.165, 1.54) is 25.2 Å². The predicted octanol–water partition coefficient (Wildman–Crippen LogP) is 1.53. The van der Waals surface area contributed by atoms with Crippen LogP contribution in [0.25, 0.3) is 0 Å². The lowest BCUT2D eigenvalue weighted by Gasteiger charge is -2.20. The largest absolute Gasteiger partial charge is 0.388 e. The smallest absolute Gasteiger partial charge is 0.242 e. The van der Waals surface area contributed by atoms with Gasteiger partial charge < -0.3 is 15.7 Å². The summed E-state index contributed by atoms with van der Waals surface area (Å²) in [6.07, 6.45) is -0.837. The summed E-state index contributed by atoms with van der Waals surface area (Å²) in [7, 11) is 1.50. The van der Waals surface area contributed by atoms with Gasteiger partial charge in [-0.2, -0.15) is 0 Å². The molecule has 0 bridgehead atoms. The molecule has 0 aliphatic heterocycles. The topological polar surface area (TPSA) is 78.4 Å². The maximum absolute atomic E-state index is 13.1. The second-order valence-corrected chi connectivity index (χ2v) is 5.64. The molecule has 2 unspecified atom stereocenters. The summed E-state index contributed by atoms with van der Waals surface area (Å²) in [5, 5.41) is 15.1. The monoisotopic (exact) mass is 310 g/mol. The lowest BCUT2D eigenvalue weighted by molar-refractivity contribution is -0.130. The Morgan fingerprint density at radius 2 is 2.00 bits per heavy atom. The van der Waals surface area contributed by atoms with Gasteiger partial charge in [-0.05, 0) is 30.0 Å². The number of carbonyl (C=O) groups is 2. The Balaban J connectivity index is 2.64. The molecule has 0 radical (unpaired) electrons. The molecule has 22 heavy (non-hydrogen) atoms. The third-order valence-corrected chi connectivity index (χ3v) is 3.22. The summed E-state index contributed by atoms with van der Waals surface area (Å²) in [5.74, 6) is -0.968. The minimum Gasteiger partial charge on any atom is -0.388 e. The van der Waals surface area contributed by atoms with E-state index in [0.29, 0.717) is 12.0 Å². The molecule has 2 atom stereocenters. The molecule has 2 amide bonds. The molecule has 122 valence electrons. The van der Waals surface area contributed by atoms with Crippen LogP contribution in [0.4, 0.5) is 4.39 Å². The molecule has 1 rings (SSSR count). The van der Waals surface area contributed by atoms with Crippen molar-refractivity contribution >= 4 is 11.8 Å². The number of rotatable bonds is 7. The maximum Gasteiger partial charge on any atom is 0.242 e. The molecule has 0 aliphatic rings. The van der Waals surface area contributed by atoms with Gasteiger partial charge >= 0.3 is 0 Å². The van der Waals surface area contributed by atoms with E-state index in [-0.39, 0.29) is 18.2 Å². The van der Waals surface area contributed by atoms with Crippen LogP contribution in [0.5, 0.6) is 0 Å². The van der Waals surface area contributed by atoms with Gasteiger partial charge in [0.2, 0.25) is 11.8 Å². The minimum absolute atomic E-state index is 0.227. The van der Waals surface area contributed by atoms with E-state index in [1.54, 1.807) is 6.07 Å². The van der Waals surface area contributed by atoms with Gasteiger partial charge in [0.1, 0.15) is 11.9 Å². The summed E-state index contributed by atoms with van der Waals surface area (Å²) < 4.78 is 13.1. The van der Waals surface area contributed by atoms with Crippen LogP contribution in [-0.4, -0.2) is 30.0 Å². The van der Waals surface area contributed by atoms with E-state index < -0.39 is 23.9 Å². The second kappa shape index (κ2) is 8.48. The van der Waals surface area contributed by atoms with Crippen LogP contribution in [-0.2, 0) is 9.59 Å². The van der Waals surface area contributed by atoms with Crippen molar-refractivity contribution in [2.24, 2.45) is 5.92 Å². The molecule has 5 nitrogen and oxygen atoms in total. The average Bonchev–Trinajstić information content (AvgIpc) is 2.45. The highest BCUT2D eigenvalue weighted by molar-refractivity contribution is 5.87. The molecule has 0 aromatic heterocycles. The highest BCUT2D eigenvalue weighted by atomic mass is 19.1. The zero-order chi connectivity index (χ0) is 16.7. The first-order chi connectivity index (χ1) is 10.3. The SMILES string of the molecule is CNC(=O)C(CC(C)C)NC(=O)CC(O)c1cccc(F)c1. The van der Waals surface area contributed by atoms with Crippen LogP contribution in [0, 0.1) is 11.7 Å². The quantitative estimate of drug-likeness (QED) is 0.714. The number of aliphatic hydroxyl groups excluding tert-OH is 1. The number of carbonyl (C=O) groups excluding carboxylic acids is 2. The van der Waals surface area contributed by atoms with Crippen LogP contribution in [0.15, 0.2) is 24.3 Å². The molecule has 1 aromatic rings. The van der Waals surface area contributed by atoms with E-state index in [0.717, 1.165) is 0 Å². The van der Waals surface area contributed by atoms with E-state index >= 15 is 0 Å². The fourth-order valence-corrected chi connectivity index (χ4v) is 2.14. The second-order valence-electron chi connectivity index (χ2n) is 5.64. The van der Waals surface area contributed by atoms with E-state index in [4.69, 9.17) is 0 Å². The Morgan fingerprint density at radius 3 is 2.55 bits per heavy atom. The van der Waals surface area contributed by atoms with Crippen molar-refractivity contribution < 1.29 is 19.1 Å². The molecule has 6 heteroatoms. The fourth-order valence-electron chi connectivity index (χ4n) is 2.14. The standard InChI is InChI=1S/C16H23FN2O3/c1-10(2)7-13(16(22)18-3)19-15(21)9-14(20)11-5-4-6-12(17)8-11/h4-6,8,10,13-14,20H,7,9H2,1-3H3,(H,18,22)(H,19,21). The Morgan fingerprint density at radius 1 is 1.32 bits per heavy atom. The molecular formula is C16H23FN2O3. The molecule has 3 N–H and O–H groups in total. The predicted molar refractivity (Wildman–Crippen MR) is 81.4 cm³/mol. The van der Waals surface area contributed by atoms with Crippen LogP contribution >= 0.6 is 0 Å². The molecule has 0 fully saturated rings. The third kappa shape index (κ3) is 5.81. The summed E-state index contributed by atoms with van der Waals surface area (Å²) in [5.41, 5.74) is 0.329. The molecule has 0 aliphatic carbocycles. The number of halogens is 1. The van der Waals surface area contributed by atoms with Gasteiger partial charge in [-0.3, -0.25) is 9.59 Å². The van der Waals surface area contributed by atoms with Gasteiger partial charge in [-0.1, -0.05) is 26.0 Å². The van der Waals surface area contributed by atoms with Crippen molar-refractivity contribution in [2.45, 2.75) is 38.8 Å². The van der Waals surface area contributed by atoms with E-state index in [2.05, 4.69) is 10.6 Å². The van der Waals surface area contributed by atoms with Crippen molar-refractivity contribution in [3.05, 3.63) is 35.6 Å². The van der Waals surface area contributed by atoms with Crippen molar-refractivity contribution in [3.8, 4) is 0 Å². The lowest BCUT2D eigenvalue weighted by Crippen LogP contribution is -2.46. The third-order valence-electron chi connectivity index (χ3n) is 3.22. The number of aliphatic hydroxyl groups is 1. The van der Waals surface area contributed by atoms with Crippen molar-refractivity contribution in [2.75, 3.05) is 7.05 Å². The molecule has 0 heterocycles. The normalized spacial score (nSPS) is 13.5. The number of hydrogen-bond acceptors (Lipinski definition) is 3. The first kappa shape index (κ1) is 18.1. The number of amides is 2. The van der Waals surface area contributed by atoms with E-state index in [1.807, 2.05) is 13.8 Å². The van der Waals surface area contributed by atoms with Gasteiger partial charge in [-0.25, -0.2) is 4.39 Å². The summed E-state index contributed by atoms with van der Waals surface area (Å²) in [4.78, 5) is 23.7. The van der Waals surface area contributed by atoms with Crippen molar-refractivity contribution in [1.82, 2.24) is 10.6 Å². The van der Waals surface area contributed by atoms with Crippen LogP contribution in [0.3, 0.4) is 0 Å². The summed E-state index contributed by atoms with van der Waals surface area (Å²) in [6.45, 7) is 3.90. The average molecular weight is 310 g/mol. The highest BCUT2D eigenvalue weighted by Gasteiger charge is 2.22. The number of likely N-dealkylation sites (N-methyl/N-ethyl adjacent to an activating group) is 1. The maximum atomic E-state index is 13.1. The Labute approximate surface area is 129 Å². The van der Waals surface area contributed by atoms with Gasteiger partial charge in [0.05, 0.1) is 12.5 Å². The zero-order valence-corrected chi connectivity index (χ0v) is 13.1. The number of nitrogens with one attached hydrogen (secondary N) is 2. The first-order valence-electron chi connectivity index (χ1n) is 7.28. The molecular weight excluding hydrogens is 287 g/mol. The summed E-state index contributed by atoms with van der Waals surface area (Å²) >= 11 is 0. The van der Waals surface area contributed by atoms with Gasteiger partial charge in [-0.15, -0.1) is 0 Å². The molecule has 1 aromatic carbocycles. The van der Waals surface area contributed by atoms with Crippen molar-refractivity contribution in [1.29, 1.82) is 0 Å². The van der Waals surface area contributed by atoms with Gasteiger partial charge in [0.15, 0.2) is 0 Å². The Kier molecular flexibility index (Phi) is 6.98. The highest BCUT2D eigenvalue weighted by Crippen LogP contribution is 2.17. The van der Waals surface area contributed by atoms with Crippen LogP contribution in [0.1, 0.15) is 38.4 Å². The van der Waals surface area contributed by atoms with Crippen LogP contribution < -0.4 is 10.6 Å². The van der Waals surface area contributed by atoms with Gasteiger partial charge in [0.25, 0.3) is 0 Å². The van der Waals surface area contributed by atoms with Crippen LogP contribution in [0.2, 0.25) is 0 Å². The lowest BCUT2D eigenvalue weighted by atomic mass is 10.0. The first-order valence-corrected chi connectivity index (χ1v) is 7.28. The summed E-state index contributed by atoms with van der Waals surface area (Å²) in [6, 6.07) is 4.82. The Bertz CT molecular complexity index is 520.